The highest BCUT2D eigenvalue weighted by Crippen LogP contribution is 2.64. The van der Waals surface area contributed by atoms with Crippen molar-refractivity contribution >= 4 is 11.7 Å². The smallest absolute Gasteiger partial charge is 0.302 e. The minimum absolute atomic E-state index is 0.0250. The van der Waals surface area contributed by atoms with E-state index in [0.717, 1.165) is 50.0 Å². The van der Waals surface area contributed by atoms with Gasteiger partial charge in [-0.15, -0.1) is 0 Å². The number of hydrogen-bond acceptors (Lipinski definition) is 4. The Bertz CT molecular complexity index is 708. The number of nitrogens with one attached hydrogen (secondary N) is 1. The number of esters is 1. The lowest BCUT2D eigenvalue weighted by Crippen LogP contribution is -2.56. The number of methoxy groups -OCH3 is 1. The molecule has 0 amide bonds. The Morgan fingerprint density at radius 2 is 2.04 bits per heavy atom. The van der Waals surface area contributed by atoms with Crippen molar-refractivity contribution in [2.24, 2.45) is 28.6 Å². The lowest BCUT2D eigenvalue weighted by molar-refractivity contribution is -0.166. The number of carbonyl (C=O) groups is 1. The van der Waals surface area contributed by atoms with Gasteiger partial charge in [0.1, 0.15) is 6.10 Å². The molecular formula is C22H31NO3. The van der Waals surface area contributed by atoms with Crippen LogP contribution in [0.25, 0.3) is 0 Å². The lowest BCUT2D eigenvalue weighted by atomic mass is 9.47. The van der Waals surface area contributed by atoms with Crippen molar-refractivity contribution in [1.82, 2.24) is 0 Å². The van der Waals surface area contributed by atoms with Crippen LogP contribution in [-0.4, -0.2) is 24.9 Å². The van der Waals surface area contributed by atoms with Crippen LogP contribution in [0.15, 0.2) is 23.5 Å². The highest BCUT2D eigenvalue weighted by atomic mass is 16.5. The SMILES string of the molecule is COC1=CC2=CCC3C([C@@H](OC(C)=O)C[C@]4(C)C(=N)CCC34)[C@@]2(C)CC1. The van der Waals surface area contributed by atoms with Gasteiger partial charge in [-0.3, -0.25) is 4.79 Å². The maximum atomic E-state index is 11.9. The standard InChI is InChI=1S/C22H31NO3/c1-13(24)26-18-12-22(3)17(7-8-19(22)23)16-6-5-14-11-15(25-4)9-10-21(14,2)20(16)18/h5,11,16-18,20,23H,6-10,12H2,1-4H3/t16?,17?,18-,20?,21-,22-/m0/s1. The lowest BCUT2D eigenvalue weighted by Gasteiger charge is -2.58. The second kappa shape index (κ2) is 5.97. The third-order valence-corrected chi connectivity index (χ3v) is 8.01. The summed E-state index contributed by atoms with van der Waals surface area (Å²) in [6.45, 7) is 6.12. The summed E-state index contributed by atoms with van der Waals surface area (Å²) >= 11 is 0. The third-order valence-electron chi connectivity index (χ3n) is 8.01. The second-order valence-electron chi connectivity index (χ2n) is 9.21. The number of ether oxygens (including phenoxy) is 2. The molecule has 4 rings (SSSR count). The summed E-state index contributed by atoms with van der Waals surface area (Å²) in [5.74, 6) is 2.23. The zero-order chi connectivity index (χ0) is 18.7. The van der Waals surface area contributed by atoms with Gasteiger partial charge in [0.05, 0.1) is 12.9 Å². The Hall–Kier alpha value is -1.58. The second-order valence-corrected chi connectivity index (χ2v) is 9.21. The molecule has 26 heavy (non-hydrogen) atoms. The highest BCUT2D eigenvalue weighted by molar-refractivity contribution is 5.89. The summed E-state index contributed by atoms with van der Waals surface area (Å²) in [5.41, 5.74) is 2.14. The molecule has 0 heterocycles. The van der Waals surface area contributed by atoms with Gasteiger partial charge in [-0.2, -0.15) is 0 Å². The van der Waals surface area contributed by atoms with E-state index in [0.29, 0.717) is 17.8 Å². The van der Waals surface area contributed by atoms with Crippen LogP contribution in [0.4, 0.5) is 0 Å². The van der Waals surface area contributed by atoms with Crippen LogP contribution in [0.2, 0.25) is 0 Å². The van der Waals surface area contributed by atoms with Gasteiger partial charge in [0.2, 0.25) is 0 Å². The molecule has 4 heteroatoms. The van der Waals surface area contributed by atoms with Gasteiger partial charge in [0.25, 0.3) is 0 Å². The van der Waals surface area contributed by atoms with Crippen molar-refractivity contribution in [1.29, 1.82) is 5.41 Å². The quantitative estimate of drug-likeness (QED) is 0.732. The van der Waals surface area contributed by atoms with Crippen LogP contribution in [0.1, 0.15) is 59.3 Å². The summed E-state index contributed by atoms with van der Waals surface area (Å²) in [6.07, 6.45) is 10.3. The Labute approximate surface area is 156 Å². The summed E-state index contributed by atoms with van der Waals surface area (Å²) in [6, 6.07) is 0. The molecule has 3 unspecified atom stereocenters. The fraction of sp³-hybridized carbons (Fsp3) is 0.727. The number of carbonyl (C=O) groups excluding carboxylic acids is 1. The Morgan fingerprint density at radius 1 is 1.27 bits per heavy atom. The van der Waals surface area contributed by atoms with Gasteiger partial charge in [0.15, 0.2) is 0 Å². The van der Waals surface area contributed by atoms with Crippen molar-refractivity contribution in [3.8, 4) is 0 Å². The first kappa shape index (κ1) is 17.8. The molecule has 0 aromatic carbocycles. The zero-order valence-corrected chi connectivity index (χ0v) is 16.4. The Balaban J connectivity index is 1.78. The molecule has 0 aliphatic heterocycles. The molecule has 0 bridgehead atoms. The van der Waals surface area contributed by atoms with E-state index in [2.05, 4.69) is 26.0 Å². The first-order valence-electron chi connectivity index (χ1n) is 10.00. The van der Waals surface area contributed by atoms with E-state index >= 15 is 0 Å². The normalized spacial score (nSPS) is 44.2. The predicted octanol–water partition coefficient (Wildman–Crippen LogP) is 4.65. The molecule has 0 saturated heterocycles. The first-order valence-corrected chi connectivity index (χ1v) is 10.00. The summed E-state index contributed by atoms with van der Waals surface area (Å²) in [5, 5.41) is 8.55. The van der Waals surface area contributed by atoms with E-state index < -0.39 is 0 Å². The molecule has 4 aliphatic carbocycles. The van der Waals surface area contributed by atoms with Crippen molar-refractivity contribution in [3.63, 3.8) is 0 Å². The van der Waals surface area contributed by atoms with E-state index in [1.165, 1.54) is 12.5 Å². The third kappa shape index (κ3) is 2.40. The molecule has 0 aromatic rings. The fourth-order valence-corrected chi connectivity index (χ4v) is 6.69. The highest BCUT2D eigenvalue weighted by Gasteiger charge is 2.61. The summed E-state index contributed by atoms with van der Waals surface area (Å²) in [4.78, 5) is 11.9. The monoisotopic (exact) mass is 357 g/mol. The molecule has 1 N–H and O–H groups in total. The van der Waals surface area contributed by atoms with Gasteiger partial charge in [-0.05, 0) is 61.0 Å². The van der Waals surface area contributed by atoms with Crippen molar-refractivity contribution < 1.29 is 14.3 Å². The Kier molecular flexibility index (Phi) is 4.09. The Morgan fingerprint density at radius 3 is 2.73 bits per heavy atom. The van der Waals surface area contributed by atoms with Crippen LogP contribution in [0.3, 0.4) is 0 Å². The van der Waals surface area contributed by atoms with E-state index in [4.69, 9.17) is 14.9 Å². The number of hydrogen-bond donors (Lipinski definition) is 1. The van der Waals surface area contributed by atoms with E-state index in [9.17, 15) is 4.79 Å². The number of fused-ring (bicyclic) bond motifs is 5. The van der Waals surface area contributed by atoms with E-state index in [1.807, 2.05) is 0 Å². The number of allylic oxidation sites excluding steroid dienone is 4. The van der Waals surface area contributed by atoms with Gasteiger partial charge in [-0.25, -0.2) is 0 Å². The largest absolute Gasteiger partial charge is 0.501 e. The van der Waals surface area contributed by atoms with Crippen LogP contribution >= 0.6 is 0 Å². The average Bonchev–Trinajstić information content (AvgIpc) is 2.88. The predicted molar refractivity (Wildman–Crippen MR) is 101 cm³/mol. The molecular weight excluding hydrogens is 326 g/mol. The molecule has 4 aliphatic rings. The van der Waals surface area contributed by atoms with Gasteiger partial charge >= 0.3 is 5.97 Å². The molecule has 0 aromatic heterocycles. The van der Waals surface area contributed by atoms with Crippen molar-refractivity contribution in [2.45, 2.75) is 65.4 Å². The fourth-order valence-electron chi connectivity index (χ4n) is 6.69. The van der Waals surface area contributed by atoms with Gasteiger partial charge in [0, 0.05) is 30.4 Å². The molecule has 6 atom stereocenters. The van der Waals surface area contributed by atoms with E-state index in [-0.39, 0.29) is 22.9 Å². The van der Waals surface area contributed by atoms with Crippen LogP contribution in [0.5, 0.6) is 0 Å². The minimum atomic E-state index is -0.191. The van der Waals surface area contributed by atoms with Gasteiger partial charge < -0.3 is 14.9 Å². The van der Waals surface area contributed by atoms with Crippen LogP contribution < -0.4 is 0 Å². The minimum Gasteiger partial charge on any atom is -0.501 e. The molecule has 142 valence electrons. The van der Waals surface area contributed by atoms with Crippen LogP contribution in [0, 0.1) is 34.0 Å². The molecule has 0 radical (unpaired) electrons. The maximum absolute atomic E-state index is 11.9. The molecule has 2 saturated carbocycles. The van der Waals surface area contributed by atoms with Crippen molar-refractivity contribution in [3.05, 3.63) is 23.5 Å². The topological polar surface area (TPSA) is 59.4 Å². The molecule has 2 fully saturated rings. The average molecular weight is 357 g/mol. The molecule has 0 spiro atoms. The summed E-state index contributed by atoms with van der Waals surface area (Å²) in [7, 11) is 1.75. The maximum Gasteiger partial charge on any atom is 0.302 e. The molecule has 4 nitrogen and oxygen atoms in total. The van der Waals surface area contributed by atoms with Gasteiger partial charge in [-0.1, -0.05) is 19.9 Å². The first-order chi connectivity index (χ1) is 12.3. The van der Waals surface area contributed by atoms with Crippen molar-refractivity contribution in [2.75, 3.05) is 7.11 Å². The summed E-state index contributed by atoms with van der Waals surface area (Å²) < 4.78 is 11.5. The zero-order valence-electron chi connectivity index (χ0n) is 16.4. The number of rotatable bonds is 2. The van der Waals surface area contributed by atoms with Crippen LogP contribution in [-0.2, 0) is 14.3 Å². The van der Waals surface area contributed by atoms with E-state index in [1.54, 1.807) is 7.11 Å².